The molecule has 0 aromatic heterocycles. The summed E-state index contributed by atoms with van der Waals surface area (Å²) in [5, 5.41) is 0.521. The van der Waals surface area contributed by atoms with Gasteiger partial charge in [0.2, 0.25) is 0 Å². The number of hydrogen-bond donors (Lipinski definition) is 0. The van der Waals surface area contributed by atoms with E-state index in [1.807, 2.05) is 11.8 Å². The summed E-state index contributed by atoms with van der Waals surface area (Å²) in [7, 11) is -3.88. The lowest BCUT2D eigenvalue weighted by atomic mass is 10.0. The smallest absolute Gasteiger partial charge is 0.264 e. The van der Waals surface area contributed by atoms with Gasteiger partial charge in [-0.3, -0.25) is 9.10 Å². The molecule has 2 aromatic rings. The third-order valence-corrected chi connectivity index (χ3v) is 7.18. The summed E-state index contributed by atoms with van der Waals surface area (Å²) in [6.07, 6.45) is 4.57. The standard InChI is InChI=1S/C22H25ClN2O3S/c1-3-14-25(20-12-10-19(23)11-13-20)29(27,28)21-9-6-8-18(16-21)22(26)24-15-5-4-7-17(24)2/h3,6,8-13,16-17H,1,4-5,7,14-15H2,2H3. The SMILES string of the molecule is C=CCN(c1ccc(Cl)cc1)S(=O)(=O)c1cccc(C(=O)N2CCCCC2C)c1. The Labute approximate surface area is 177 Å². The number of piperidine rings is 1. The average molecular weight is 433 g/mol. The minimum Gasteiger partial charge on any atom is -0.336 e. The molecule has 1 atom stereocenters. The topological polar surface area (TPSA) is 57.7 Å². The van der Waals surface area contributed by atoms with Crippen LogP contribution in [-0.4, -0.2) is 38.4 Å². The second-order valence-corrected chi connectivity index (χ2v) is 9.47. The Morgan fingerprint density at radius 1 is 1.24 bits per heavy atom. The summed E-state index contributed by atoms with van der Waals surface area (Å²) in [5.74, 6) is -0.129. The number of carbonyl (C=O) groups is 1. The number of rotatable bonds is 6. The Bertz CT molecular complexity index is 989. The Balaban J connectivity index is 1.95. The molecule has 0 aliphatic carbocycles. The second-order valence-electron chi connectivity index (χ2n) is 7.17. The van der Waals surface area contributed by atoms with Crippen molar-refractivity contribution in [2.45, 2.75) is 37.1 Å². The molecule has 0 bridgehead atoms. The molecule has 3 rings (SSSR count). The minimum absolute atomic E-state index is 0.0739. The van der Waals surface area contributed by atoms with E-state index in [1.165, 1.54) is 22.5 Å². The number of amides is 1. The van der Waals surface area contributed by atoms with Crippen LogP contribution in [-0.2, 0) is 10.0 Å². The first-order valence-corrected chi connectivity index (χ1v) is 11.5. The molecule has 1 heterocycles. The molecule has 1 aliphatic heterocycles. The summed E-state index contributed by atoms with van der Waals surface area (Å²) in [5.41, 5.74) is 0.866. The zero-order valence-electron chi connectivity index (χ0n) is 16.4. The zero-order valence-corrected chi connectivity index (χ0v) is 18.0. The van der Waals surface area contributed by atoms with Crippen LogP contribution >= 0.6 is 11.6 Å². The summed E-state index contributed by atoms with van der Waals surface area (Å²) in [4.78, 5) is 14.9. The van der Waals surface area contributed by atoms with E-state index in [4.69, 9.17) is 11.6 Å². The van der Waals surface area contributed by atoms with Crippen molar-refractivity contribution >= 4 is 33.2 Å². The number of sulfonamides is 1. The van der Waals surface area contributed by atoms with Crippen LogP contribution in [0.5, 0.6) is 0 Å². The van der Waals surface area contributed by atoms with E-state index < -0.39 is 10.0 Å². The predicted octanol–water partition coefficient (Wildman–Crippen LogP) is 4.74. The van der Waals surface area contributed by atoms with Gasteiger partial charge in [0, 0.05) is 23.2 Å². The highest BCUT2D eigenvalue weighted by Crippen LogP contribution is 2.27. The average Bonchev–Trinajstić information content (AvgIpc) is 2.73. The van der Waals surface area contributed by atoms with E-state index >= 15 is 0 Å². The fourth-order valence-electron chi connectivity index (χ4n) is 3.55. The minimum atomic E-state index is -3.88. The molecular formula is C22H25ClN2O3S. The molecule has 1 amide bonds. The third-order valence-electron chi connectivity index (χ3n) is 5.14. The molecular weight excluding hydrogens is 408 g/mol. The highest BCUT2D eigenvalue weighted by atomic mass is 35.5. The van der Waals surface area contributed by atoms with Gasteiger partial charge in [-0.05, 0) is 68.7 Å². The van der Waals surface area contributed by atoms with Crippen LogP contribution in [0.2, 0.25) is 5.02 Å². The third kappa shape index (κ3) is 4.65. The first-order chi connectivity index (χ1) is 13.8. The molecule has 1 saturated heterocycles. The highest BCUT2D eigenvalue weighted by Gasteiger charge is 2.28. The van der Waals surface area contributed by atoms with Gasteiger partial charge in [-0.1, -0.05) is 23.7 Å². The summed E-state index contributed by atoms with van der Waals surface area (Å²) in [6, 6.07) is 13.0. The molecule has 1 unspecified atom stereocenters. The van der Waals surface area contributed by atoms with Crippen LogP contribution in [0.4, 0.5) is 5.69 Å². The molecule has 0 N–H and O–H groups in total. The van der Waals surface area contributed by atoms with Crippen molar-refractivity contribution in [1.29, 1.82) is 0 Å². The van der Waals surface area contributed by atoms with Crippen LogP contribution in [0, 0.1) is 0 Å². The lowest BCUT2D eigenvalue weighted by molar-refractivity contribution is 0.0635. The summed E-state index contributed by atoms with van der Waals surface area (Å²) < 4.78 is 27.9. The van der Waals surface area contributed by atoms with E-state index in [2.05, 4.69) is 6.58 Å². The number of carbonyl (C=O) groups excluding carboxylic acids is 1. The zero-order chi connectivity index (χ0) is 21.0. The number of hydrogen-bond acceptors (Lipinski definition) is 3. The predicted molar refractivity (Wildman–Crippen MR) is 117 cm³/mol. The van der Waals surface area contributed by atoms with Gasteiger partial charge < -0.3 is 4.90 Å². The van der Waals surface area contributed by atoms with Crippen LogP contribution in [0.3, 0.4) is 0 Å². The second kappa shape index (κ2) is 9.01. The molecule has 5 nitrogen and oxygen atoms in total. The van der Waals surface area contributed by atoms with Gasteiger partial charge in [0.05, 0.1) is 17.1 Å². The maximum atomic E-state index is 13.3. The summed E-state index contributed by atoms with van der Waals surface area (Å²) >= 11 is 5.94. The van der Waals surface area contributed by atoms with Gasteiger partial charge >= 0.3 is 0 Å². The van der Waals surface area contributed by atoms with Crippen molar-refractivity contribution < 1.29 is 13.2 Å². The molecule has 0 saturated carbocycles. The molecule has 29 heavy (non-hydrogen) atoms. The largest absolute Gasteiger partial charge is 0.336 e. The van der Waals surface area contributed by atoms with Crippen LogP contribution in [0.25, 0.3) is 0 Å². The lowest BCUT2D eigenvalue weighted by Gasteiger charge is -2.33. The molecule has 7 heteroatoms. The summed E-state index contributed by atoms with van der Waals surface area (Å²) in [6.45, 7) is 6.51. The van der Waals surface area contributed by atoms with E-state index in [0.717, 1.165) is 19.3 Å². The van der Waals surface area contributed by atoms with Crippen molar-refractivity contribution in [3.05, 3.63) is 71.8 Å². The van der Waals surface area contributed by atoms with E-state index in [9.17, 15) is 13.2 Å². The van der Waals surface area contributed by atoms with Crippen LogP contribution in [0.1, 0.15) is 36.5 Å². The highest BCUT2D eigenvalue weighted by molar-refractivity contribution is 7.92. The maximum Gasteiger partial charge on any atom is 0.264 e. The van der Waals surface area contributed by atoms with Gasteiger partial charge in [-0.25, -0.2) is 8.42 Å². The number of nitrogens with zero attached hydrogens (tertiary/aromatic N) is 2. The number of benzene rings is 2. The van der Waals surface area contributed by atoms with E-state index in [0.29, 0.717) is 22.8 Å². The molecule has 154 valence electrons. The molecule has 0 spiro atoms. The Morgan fingerprint density at radius 2 is 1.97 bits per heavy atom. The maximum absolute atomic E-state index is 13.3. The van der Waals surface area contributed by atoms with E-state index in [1.54, 1.807) is 36.4 Å². The van der Waals surface area contributed by atoms with Gasteiger partial charge in [0.1, 0.15) is 0 Å². The fraction of sp³-hybridized carbons (Fsp3) is 0.318. The Morgan fingerprint density at radius 3 is 2.62 bits per heavy atom. The van der Waals surface area contributed by atoms with Crippen molar-refractivity contribution in [3.63, 3.8) is 0 Å². The van der Waals surface area contributed by atoms with Crippen molar-refractivity contribution in [2.24, 2.45) is 0 Å². The van der Waals surface area contributed by atoms with Crippen molar-refractivity contribution in [3.8, 4) is 0 Å². The number of anilines is 1. The van der Waals surface area contributed by atoms with Gasteiger partial charge in [0.15, 0.2) is 0 Å². The fourth-order valence-corrected chi connectivity index (χ4v) is 5.16. The lowest BCUT2D eigenvalue weighted by Crippen LogP contribution is -2.42. The molecule has 1 fully saturated rings. The first kappa shape index (κ1) is 21.4. The molecule has 2 aromatic carbocycles. The monoisotopic (exact) mass is 432 g/mol. The van der Waals surface area contributed by atoms with Gasteiger partial charge in [-0.15, -0.1) is 6.58 Å². The van der Waals surface area contributed by atoms with Crippen LogP contribution < -0.4 is 4.31 Å². The normalized spacial score (nSPS) is 17.0. The Hall–Kier alpha value is -2.31. The van der Waals surface area contributed by atoms with Crippen molar-refractivity contribution in [2.75, 3.05) is 17.4 Å². The van der Waals surface area contributed by atoms with Gasteiger partial charge in [-0.2, -0.15) is 0 Å². The quantitative estimate of drug-likeness (QED) is 0.619. The van der Waals surface area contributed by atoms with Crippen molar-refractivity contribution in [1.82, 2.24) is 4.90 Å². The van der Waals surface area contributed by atoms with E-state index in [-0.39, 0.29) is 23.4 Å². The Kier molecular flexibility index (Phi) is 6.65. The number of likely N-dealkylation sites (tertiary alicyclic amines) is 1. The number of halogens is 1. The van der Waals surface area contributed by atoms with Gasteiger partial charge in [0.25, 0.3) is 15.9 Å². The molecule has 1 aliphatic rings. The van der Waals surface area contributed by atoms with Crippen LogP contribution in [0.15, 0.2) is 66.1 Å². The molecule has 0 radical (unpaired) electrons. The first-order valence-electron chi connectivity index (χ1n) is 9.65.